The minimum Gasteiger partial charge on any atom is -0.251 e. The fourth-order valence-corrected chi connectivity index (χ4v) is 4.31. The van der Waals surface area contributed by atoms with E-state index in [1.54, 1.807) is 42.7 Å². The highest BCUT2D eigenvalue weighted by Crippen LogP contribution is 2.31. The molecule has 8 heteroatoms. The average Bonchev–Trinajstić information content (AvgIpc) is 3.23. The SMILES string of the molecule is O=S(=O)(c1ccccc1)n1cc(-c2nccs2)c2nccnc21. The number of fused-ring (bicyclic) bond motifs is 1. The van der Waals surface area contributed by atoms with Crippen LogP contribution in [0.1, 0.15) is 0 Å². The first-order chi connectivity index (χ1) is 11.2. The predicted molar refractivity (Wildman–Crippen MR) is 87.7 cm³/mol. The van der Waals surface area contributed by atoms with Crippen molar-refractivity contribution in [3.8, 4) is 10.6 Å². The molecule has 0 spiro atoms. The van der Waals surface area contributed by atoms with E-state index in [-0.39, 0.29) is 4.90 Å². The summed E-state index contributed by atoms with van der Waals surface area (Å²) in [4.78, 5) is 12.9. The Balaban J connectivity index is 2.02. The summed E-state index contributed by atoms with van der Waals surface area (Å²) in [5, 5.41) is 2.54. The molecule has 3 heterocycles. The number of hydrogen-bond acceptors (Lipinski definition) is 6. The Bertz CT molecular complexity index is 1070. The van der Waals surface area contributed by atoms with Crippen molar-refractivity contribution >= 4 is 32.5 Å². The van der Waals surface area contributed by atoms with E-state index in [0.29, 0.717) is 21.7 Å². The summed E-state index contributed by atoms with van der Waals surface area (Å²) in [6, 6.07) is 8.26. The molecule has 0 saturated heterocycles. The molecule has 0 fully saturated rings. The lowest BCUT2D eigenvalue weighted by molar-refractivity contribution is 0.589. The summed E-state index contributed by atoms with van der Waals surface area (Å²) in [7, 11) is -3.74. The quantitative estimate of drug-likeness (QED) is 0.572. The molecule has 1 aromatic carbocycles. The van der Waals surface area contributed by atoms with Gasteiger partial charge in [0.05, 0.1) is 10.5 Å². The van der Waals surface area contributed by atoms with Crippen molar-refractivity contribution in [3.63, 3.8) is 0 Å². The molecule has 3 aromatic heterocycles. The summed E-state index contributed by atoms with van der Waals surface area (Å²) in [5.41, 5.74) is 1.46. The Morgan fingerprint density at radius 1 is 0.957 bits per heavy atom. The lowest BCUT2D eigenvalue weighted by Crippen LogP contribution is -2.12. The van der Waals surface area contributed by atoms with Gasteiger partial charge in [-0.15, -0.1) is 11.3 Å². The molecule has 0 bridgehead atoms. The average molecular weight is 342 g/mol. The van der Waals surface area contributed by atoms with Crippen molar-refractivity contribution < 1.29 is 8.42 Å². The van der Waals surface area contributed by atoms with Gasteiger partial charge in [-0.05, 0) is 12.1 Å². The van der Waals surface area contributed by atoms with Crippen LogP contribution in [0.2, 0.25) is 0 Å². The van der Waals surface area contributed by atoms with Gasteiger partial charge in [-0.25, -0.2) is 22.4 Å². The van der Waals surface area contributed by atoms with Gasteiger partial charge in [-0.3, -0.25) is 4.98 Å². The molecule has 0 saturated carbocycles. The number of benzene rings is 1. The standard InChI is InChI=1S/C15H10N4O2S2/c20-23(21,11-4-2-1-3-5-11)19-10-12(15-18-8-9-22-15)13-14(19)17-7-6-16-13/h1-10H. The second kappa shape index (κ2) is 5.25. The van der Waals surface area contributed by atoms with E-state index >= 15 is 0 Å². The van der Waals surface area contributed by atoms with Gasteiger partial charge in [0, 0.05) is 30.2 Å². The summed E-state index contributed by atoms with van der Waals surface area (Å²) >= 11 is 1.42. The Morgan fingerprint density at radius 3 is 2.48 bits per heavy atom. The third kappa shape index (κ3) is 2.23. The number of thiazole rings is 1. The van der Waals surface area contributed by atoms with Crippen LogP contribution in [0.25, 0.3) is 21.7 Å². The molecule has 0 N–H and O–H groups in total. The fraction of sp³-hybridized carbons (Fsp3) is 0. The second-order valence-electron chi connectivity index (χ2n) is 4.72. The lowest BCUT2D eigenvalue weighted by Gasteiger charge is -2.05. The monoisotopic (exact) mass is 342 g/mol. The molecule has 0 atom stereocenters. The van der Waals surface area contributed by atoms with Crippen LogP contribution >= 0.6 is 11.3 Å². The molecule has 6 nitrogen and oxygen atoms in total. The van der Waals surface area contributed by atoms with Crippen LogP contribution in [0.3, 0.4) is 0 Å². The number of rotatable bonds is 3. The van der Waals surface area contributed by atoms with Crippen molar-refractivity contribution in [2.45, 2.75) is 4.90 Å². The van der Waals surface area contributed by atoms with E-state index in [9.17, 15) is 8.42 Å². The highest BCUT2D eigenvalue weighted by molar-refractivity contribution is 7.90. The molecule has 0 aliphatic heterocycles. The largest absolute Gasteiger partial charge is 0.269 e. The van der Waals surface area contributed by atoms with Crippen molar-refractivity contribution in [3.05, 3.63) is 60.5 Å². The summed E-state index contributed by atoms with van der Waals surface area (Å²) < 4.78 is 27.0. The van der Waals surface area contributed by atoms with E-state index in [1.165, 1.54) is 27.7 Å². The predicted octanol–water partition coefficient (Wildman–Crippen LogP) is 2.79. The maximum Gasteiger partial charge on any atom is 0.269 e. The maximum atomic E-state index is 12.9. The van der Waals surface area contributed by atoms with E-state index in [1.807, 2.05) is 5.38 Å². The summed E-state index contributed by atoms with van der Waals surface area (Å²) in [5.74, 6) is 0. The van der Waals surface area contributed by atoms with Gasteiger partial charge in [0.15, 0.2) is 5.65 Å². The maximum absolute atomic E-state index is 12.9. The van der Waals surface area contributed by atoms with Crippen LogP contribution in [-0.4, -0.2) is 27.3 Å². The van der Waals surface area contributed by atoms with Crippen molar-refractivity contribution in [1.29, 1.82) is 0 Å². The first-order valence-corrected chi connectivity index (χ1v) is 9.02. The Morgan fingerprint density at radius 2 is 1.74 bits per heavy atom. The normalized spacial score (nSPS) is 11.8. The minimum absolute atomic E-state index is 0.202. The fourth-order valence-electron chi connectivity index (χ4n) is 2.32. The van der Waals surface area contributed by atoms with Gasteiger partial charge in [-0.2, -0.15) is 0 Å². The molecule has 23 heavy (non-hydrogen) atoms. The third-order valence-corrected chi connectivity index (χ3v) is 5.82. The van der Waals surface area contributed by atoms with E-state index in [4.69, 9.17) is 0 Å². The second-order valence-corrected chi connectivity index (χ2v) is 7.43. The van der Waals surface area contributed by atoms with Crippen molar-refractivity contribution in [2.24, 2.45) is 0 Å². The molecule has 0 unspecified atom stereocenters. The smallest absolute Gasteiger partial charge is 0.251 e. The molecule has 0 aliphatic carbocycles. The van der Waals surface area contributed by atoms with Gasteiger partial charge in [0.25, 0.3) is 10.0 Å². The summed E-state index contributed by atoms with van der Waals surface area (Å²) in [6.07, 6.45) is 6.22. The van der Waals surface area contributed by atoms with E-state index < -0.39 is 10.0 Å². The summed E-state index contributed by atoms with van der Waals surface area (Å²) in [6.45, 7) is 0. The van der Waals surface area contributed by atoms with Crippen LogP contribution < -0.4 is 0 Å². The number of aromatic nitrogens is 4. The zero-order valence-electron chi connectivity index (χ0n) is 11.7. The van der Waals surface area contributed by atoms with Gasteiger partial charge in [0.1, 0.15) is 10.5 Å². The highest BCUT2D eigenvalue weighted by Gasteiger charge is 2.23. The van der Waals surface area contributed by atoms with Crippen LogP contribution in [0.5, 0.6) is 0 Å². The first-order valence-electron chi connectivity index (χ1n) is 6.70. The first kappa shape index (κ1) is 14.0. The van der Waals surface area contributed by atoms with Crippen LogP contribution in [0.15, 0.2) is 65.4 Å². The zero-order valence-corrected chi connectivity index (χ0v) is 13.3. The third-order valence-electron chi connectivity index (χ3n) is 3.35. The van der Waals surface area contributed by atoms with Gasteiger partial charge in [-0.1, -0.05) is 18.2 Å². The lowest BCUT2D eigenvalue weighted by atomic mass is 10.3. The molecule has 0 amide bonds. The number of nitrogens with zero attached hydrogens (tertiary/aromatic N) is 4. The van der Waals surface area contributed by atoms with E-state index in [0.717, 1.165) is 0 Å². The molecule has 0 aliphatic rings. The van der Waals surface area contributed by atoms with Crippen LogP contribution in [-0.2, 0) is 10.0 Å². The van der Waals surface area contributed by atoms with E-state index in [2.05, 4.69) is 15.0 Å². The molecular weight excluding hydrogens is 332 g/mol. The van der Waals surface area contributed by atoms with Crippen LogP contribution in [0.4, 0.5) is 0 Å². The Labute approximate surface area is 136 Å². The Kier molecular flexibility index (Phi) is 3.21. The van der Waals surface area contributed by atoms with Gasteiger partial charge >= 0.3 is 0 Å². The van der Waals surface area contributed by atoms with Gasteiger partial charge in [0.2, 0.25) is 0 Å². The Hall–Kier alpha value is -2.58. The molecule has 0 radical (unpaired) electrons. The van der Waals surface area contributed by atoms with Gasteiger partial charge < -0.3 is 0 Å². The van der Waals surface area contributed by atoms with Crippen LogP contribution in [0, 0.1) is 0 Å². The number of hydrogen-bond donors (Lipinski definition) is 0. The van der Waals surface area contributed by atoms with Crippen molar-refractivity contribution in [1.82, 2.24) is 18.9 Å². The molecule has 4 aromatic rings. The topological polar surface area (TPSA) is 77.7 Å². The van der Waals surface area contributed by atoms with Crippen molar-refractivity contribution in [2.75, 3.05) is 0 Å². The zero-order chi connectivity index (χ0) is 15.9. The highest BCUT2D eigenvalue weighted by atomic mass is 32.2. The molecule has 4 rings (SSSR count). The molecular formula is C15H10N4O2S2. The minimum atomic E-state index is -3.74. The molecule has 114 valence electrons.